The maximum Gasteiger partial charge on any atom is 0.250 e. The molecule has 1 saturated heterocycles. The second-order valence-corrected chi connectivity index (χ2v) is 6.11. The normalized spacial score (nSPS) is 22.0. The summed E-state index contributed by atoms with van der Waals surface area (Å²) in [6, 6.07) is 6.68. The number of aromatic nitrogens is 2. The topological polar surface area (TPSA) is 77.2 Å². The highest BCUT2D eigenvalue weighted by molar-refractivity contribution is 6.30. The van der Waals surface area contributed by atoms with Gasteiger partial charge in [-0.2, -0.15) is 4.98 Å². The summed E-state index contributed by atoms with van der Waals surface area (Å²) in [7, 11) is 0. The third-order valence-electron chi connectivity index (χ3n) is 3.82. The van der Waals surface area contributed by atoms with E-state index in [-0.39, 0.29) is 12.0 Å². The first-order valence-electron chi connectivity index (χ1n) is 7.54. The highest BCUT2D eigenvalue weighted by Gasteiger charge is 2.31. The fourth-order valence-electron chi connectivity index (χ4n) is 2.62. The van der Waals surface area contributed by atoms with Gasteiger partial charge in [-0.25, -0.2) is 0 Å². The Labute approximate surface area is 139 Å². The molecule has 0 radical (unpaired) electrons. The third kappa shape index (κ3) is 3.71. The largest absolute Gasteiger partial charge is 0.365 e. The van der Waals surface area contributed by atoms with Gasteiger partial charge in [-0.3, -0.25) is 4.79 Å². The Balaban J connectivity index is 1.83. The second kappa shape index (κ2) is 6.68. The Bertz CT molecular complexity index is 686. The van der Waals surface area contributed by atoms with E-state index in [4.69, 9.17) is 20.9 Å². The van der Waals surface area contributed by atoms with E-state index in [2.05, 4.69) is 15.5 Å². The molecule has 1 aliphatic rings. The van der Waals surface area contributed by atoms with Gasteiger partial charge >= 0.3 is 0 Å². The van der Waals surface area contributed by atoms with Gasteiger partial charge in [-0.1, -0.05) is 28.9 Å². The van der Waals surface area contributed by atoms with Crippen molar-refractivity contribution in [3.8, 4) is 0 Å². The zero-order valence-corrected chi connectivity index (χ0v) is 13.7. The van der Waals surface area contributed by atoms with Gasteiger partial charge < -0.3 is 14.6 Å². The van der Waals surface area contributed by atoms with Crippen LogP contribution in [0.4, 0.5) is 0 Å². The minimum absolute atomic E-state index is 0.104. The second-order valence-electron chi connectivity index (χ2n) is 5.68. The summed E-state index contributed by atoms with van der Waals surface area (Å²) in [5.74, 6) is 0.680. The van der Waals surface area contributed by atoms with Crippen LogP contribution < -0.4 is 5.32 Å². The van der Waals surface area contributed by atoms with E-state index in [1.54, 1.807) is 19.1 Å². The third-order valence-corrected chi connectivity index (χ3v) is 4.07. The zero-order chi connectivity index (χ0) is 16.4. The summed E-state index contributed by atoms with van der Waals surface area (Å²) in [5, 5.41) is 7.51. The summed E-state index contributed by atoms with van der Waals surface area (Å²) in [5.41, 5.74) is 0.828. The van der Waals surface area contributed by atoms with Crippen LogP contribution in [0.5, 0.6) is 0 Å². The number of aryl methyl sites for hydroxylation is 1. The Kier molecular flexibility index (Phi) is 4.63. The number of carbonyl (C=O) groups is 1. The molecule has 1 aromatic carbocycles. The van der Waals surface area contributed by atoms with Crippen LogP contribution in [0.3, 0.4) is 0 Å². The van der Waals surface area contributed by atoms with Crippen molar-refractivity contribution in [1.82, 2.24) is 15.5 Å². The number of nitrogens with one attached hydrogen (secondary N) is 1. The Morgan fingerprint density at radius 3 is 2.65 bits per heavy atom. The first-order valence-corrected chi connectivity index (χ1v) is 7.92. The Morgan fingerprint density at radius 1 is 1.35 bits per heavy atom. The summed E-state index contributed by atoms with van der Waals surface area (Å²) < 4.78 is 10.7. The SMILES string of the molecule is Cc1nc([C@H](NC(=O)[C@@H]2CC[C@H](C)O2)c2ccc(Cl)cc2)no1. The molecule has 6 nitrogen and oxygen atoms in total. The molecule has 3 atom stereocenters. The fraction of sp³-hybridized carbons (Fsp3) is 0.438. The van der Waals surface area contributed by atoms with E-state index in [1.165, 1.54) is 0 Å². The van der Waals surface area contributed by atoms with E-state index < -0.39 is 12.1 Å². The molecule has 2 aromatic rings. The lowest BCUT2D eigenvalue weighted by Crippen LogP contribution is -2.38. The first kappa shape index (κ1) is 16.0. The van der Waals surface area contributed by atoms with Crippen molar-refractivity contribution < 1.29 is 14.1 Å². The van der Waals surface area contributed by atoms with Gasteiger partial charge in [0.25, 0.3) is 0 Å². The van der Waals surface area contributed by atoms with Crippen molar-refractivity contribution in [1.29, 1.82) is 0 Å². The highest BCUT2D eigenvalue weighted by atomic mass is 35.5. The van der Waals surface area contributed by atoms with Crippen LogP contribution in [-0.2, 0) is 9.53 Å². The van der Waals surface area contributed by atoms with Gasteiger partial charge in [-0.15, -0.1) is 0 Å². The van der Waals surface area contributed by atoms with Crippen LogP contribution in [-0.4, -0.2) is 28.3 Å². The minimum atomic E-state index is -0.503. The van der Waals surface area contributed by atoms with Gasteiger partial charge in [-0.05, 0) is 37.5 Å². The van der Waals surface area contributed by atoms with Crippen LogP contribution in [0.1, 0.15) is 43.1 Å². The average molecular weight is 336 g/mol. The molecule has 1 N–H and O–H groups in total. The van der Waals surface area contributed by atoms with Crippen LogP contribution in [0.25, 0.3) is 0 Å². The number of halogens is 1. The number of hydrogen-bond acceptors (Lipinski definition) is 5. The van der Waals surface area contributed by atoms with Crippen molar-refractivity contribution >= 4 is 17.5 Å². The molecule has 3 rings (SSSR count). The molecule has 0 unspecified atom stereocenters. The van der Waals surface area contributed by atoms with Crippen LogP contribution in [0.15, 0.2) is 28.8 Å². The number of carbonyl (C=O) groups excluding carboxylic acids is 1. The summed E-state index contributed by atoms with van der Waals surface area (Å²) >= 11 is 5.93. The zero-order valence-electron chi connectivity index (χ0n) is 13.0. The van der Waals surface area contributed by atoms with Crippen LogP contribution in [0.2, 0.25) is 5.02 Å². The number of nitrogens with zero attached hydrogens (tertiary/aromatic N) is 2. The fourth-order valence-corrected chi connectivity index (χ4v) is 2.74. The van der Waals surface area contributed by atoms with Crippen molar-refractivity contribution in [3.63, 3.8) is 0 Å². The predicted octanol–water partition coefficient (Wildman–Crippen LogP) is 2.80. The van der Waals surface area contributed by atoms with E-state index in [0.29, 0.717) is 23.2 Å². The standard InChI is InChI=1S/C16H18ClN3O3/c1-9-3-8-13(22-9)16(21)19-14(15-18-10(2)23-20-15)11-4-6-12(17)7-5-11/h4-7,9,13-14H,3,8H2,1-2H3,(H,19,21)/t9-,13-,14+/m0/s1. The summed E-state index contributed by atoms with van der Waals surface area (Å²) in [6.07, 6.45) is 1.26. The summed E-state index contributed by atoms with van der Waals surface area (Å²) in [4.78, 5) is 16.7. The van der Waals surface area contributed by atoms with E-state index in [1.807, 2.05) is 19.1 Å². The molecule has 2 heterocycles. The molecule has 23 heavy (non-hydrogen) atoms. The number of benzene rings is 1. The van der Waals surface area contributed by atoms with E-state index in [9.17, 15) is 4.79 Å². The molecular weight excluding hydrogens is 318 g/mol. The van der Waals surface area contributed by atoms with Crippen molar-refractivity contribution in [2.24, 2.45) is 0 Å². The predicted molar refractivity (Wildman–Crippen MR) is 84.0 cm³/mol. The quantitative estimate of drug-likeness (QED) is 0.929. The molecule has 0 bridgehead atoms. The van der Waals surface area contributed by atoms with Gasteiger partial charge in [0.1, 0.15) is 12.1 Å². The number of ether oxygens (including phenoxy) is 1. The number of rotatable bonds is 4. The molecular formula is C16H18ClN3O3. The number of amides is 1. The summed E-state index contributed by atoms with van der Waals surface area (Å²) in [6.45, 7) is 3.67. The van der Waals surface area contributed by atoms with Crippen molar-refractivity contribution in [2.75, 3.05) is 0 Å². The molecule has 1 aromatic heterocycles. The molecule has 1 amide bonds. The Morgan fingerprint density at radius 2 is 2.09 bits per heavy atom. The molecule has 0 aliphatic carbocycles. The Hall–Kier alpha value is -1.92. The lowest BCUT2D eigenvalue weighted by molar-refractivity contribution is -0.132. The van der Waals surface area contributed by atoms with Crippen LogP contribution >= 0.6 is 11.6 Å². The van der Waals surface area contributed by atoms with Gasteiger partial charge in [0.15, 0.2) is 5.82 Å². The van der Waals surface area contributed by atoms with Gasteiger partial charge in [0.05, 0.1) is 6.10 Å². The monoisotopic (exact) mass is 335 g/mol. The lowest BCUT2D eigenvalue weighted by atomic mass is 10.1. The maximum atomic E-state index is 12.5. The van der Waals surface area contributed by atoms with Gasteiger partial charge in [0.2, 0.25) is 11.8 Å². The maximum absolute atomic E-state index is 12.5. The van der Waals surface area contributed by atoms with Crippen molar-refractivity contribution in [3.05, 3.63) is 46.6 Å². The highest BCUT2D eigenvalue weighted by Crippen LogP contribution is 2.24. The molecule has 0 saturated carbocycles. The van der Waals surface area contributed by atoms with E-state index in [0.717, 1.165) is 12.0 Å². The number of hydrogen-bond donors (Lipinski definition) is 1. The van der Waals surface area contributed by atoms with E-state index >= 15 is 0 Å². The van der Waals surface area contributed by atoms with Crippen molar-refractivity contribution in [2.45, 2.75) is 44.9 Å². The molecule has 1 aliphatic heterocycles. The molecule has 1 fully saturated rings. The van der Waals surface area contributed by atoms with Crippen LogP contribution in [0, 0.1) is 6.92 Å². The molecule has 7 heteroatoms. The average Bonchev–Trinajstić information content (AvgIpc) is 3.14. The minimum Gasteiger partial charge on any atom is -0.365 e. The molecule has 0 spiro atoms. The lowest BCUT2D eigenvalue weighted by Gasteiger charge is -2.19. The smallest absolute Gasteiger partial charge is 0.250 e. The van der Waals surface area contributed by atoms with Gasteiger partial charge in [0, 0.05) is 11.9 Å². The molecule has 122 valence electrons. The first-order chi connectivity index (χ1) is 11.0.